The van der Waals surface area contributed by atoms with Crippen molar-refractivity contribution < 1.29 is 0 Å². The van der Waals surface area contributed by atoms with Gasteiger partial charge in [0.25, 0.3) is 0 Å². The van der Waals surface area contributed by atoms with Crippen LogP contribution in [0.25, 0.3) is 74.7 Å². The maximum Gasteiger partial charge on any atom is 0.0641 e. The lowest BCUT2D eigenvalue weighted by molar-refractivity contribution is 1.32. The van der Waals surface area contributed by atoms with E-state index in [9.17, 15) is 0 Å². The summed E-state index contributed by atoms with van der Waals surface area (Å²) in [5, 5.41) is 10.0. The van der Waals surface area contributed by atoms with E-state index in [1.165, 1.54) is 86.1 Å². The summed E-state index contributed by atoms with van der Waals surface area (Å²) in [6, 6.07) is 68.8. The van der Waals surface area contributed by atoms with E-state index in [2.05, 4.69) is 193 Å². The maximum absolute atomic E-state index is 2.58. The Morgan fingerprint density at radius 3 is 1.72 bits per heavy atom. The summed E-state index contributed by atoms with van der Waals surface area (Å²) in [4.78, 5) is 2.58. The van der Waals surface area contributed by atoms with Crippen LogP contribution in [0.2, 0.25) is 0 Å². The predicted octanol–water partition coefficient (Wildman–Crippen LogP) is 14.3. The summed E-state index contributed by atoms with van der Waals surface area (Å²) in [6.07, 6.45) is 0. The molecule has 234 valence electrons. The Bertz CT molecular complexity index is 2880. The molecule has 0 unspecified atom stereocenters. The van der Waals surface area contributed by atoms with Crippen molar-refractivity contribution in [2.75, 3.05) is 4.90 Å². The predicted molar refractivity (Wildman–Crippen MR) is 217 cm³/mol. The molecule has 1 nitrogen and oxygen atoms in total. The molecular weight excluding hydrogens is 623 g/mol. The average molecular weight is 654 g/mol. The number of anilines is 3. The Kier molecular flexibility index (Phi) is 6.75. The molecule has 1 heterocycles. The van der Waals surface area contributed by atoms with Gasteiger partial charge in [-0.1, -0.05) is 170 Å². The van der Waals surface area contributed by atoms with E-state index in [1.807, 2.05) is 11.3 Å². The zero-order valence-electron chi connectivity index (χ0n) is 27.3. The van der Waals surface area contributed by atoms with E-state index in [0.717, 1.165) is 5.69 Å². The molecular formula is C48H31NS. The summed E-state index contributed by atoms with van der Waals surface area (Å²) in [7, 11) is 0. The Morgan fingerprint density at radius 2 is 0.880 bits per heavy atom. The van der Waals surface area contributed by atoms with Gasteiger partial charge in [0.2, 0.25) is 0 Å². The Morgan fingerprint density at radius 1 is 0.340 bits per heavy atom. The number of fused-ring (bicyclic) bond motifs is 7. The van der Waals surface area contributed by atoms with Gasteiger partial charge in [0.05, 0.1) is 21.8 Å². The van der Waals surface area contributed by atoms with Crippen molar-refractivity contribution in [1.29, 1.82) is 0 Å². The highest BCUT2D eigenvalue weighted by molar-refractivity contribution is 7.26. The molecule has 50 heavy (non-hydrogen) atoms. The van der Waals surface area contributed by atoms with Crippen molar-refractivity contribution in [3.05, 3.63) is 188 Å². The largest absolute Gasteiger partial charge is 0.307 e. The van der Waals surface area contributed by atoms with Gasteiger partial charge in [-0.15, -0.1) is 11.3 Å². The first-order valence-electron chi connectivity index (χ1n) is 17.1. The van der Waals surface area contributed by atoms with Crippen molar-refractivity contribution in [3.8, 4) is 22.3 Å². The van der Waals surface area contributed by atoms with E-state index in [-0.39, 0.29) is 0 Å². The van der Waals surface area contributed by atoms with Gasteiger partial charge in [-0.2, -0.15) is 0 Å². The van der Waals surface area contributed by atoms with Gasteiger partial charge in [0.1, 0.15) is 0 Å². The smallest absolute Gasteiger partial charge is 0.0641 e. The lowest BCUT2D eigenvalue weighted by atomic mass is 9.87. The quantitative estimate of drug-likeness (QED) is 0.167. The zero-order valence-corrected chi connectivity index (χ0v) is 28.1. The van der Waals surface area contributed by atoms with Crippen molar-refractivity contribution in [2.24, 2.45) is 0 Å². The minimum atomic E-state index is 1.14. The standard InChI is InChI=1S/C48H31NS/c1-2-16-33(17-3-1)35-21-10-12-29-43(35)49(44-30-15-28-42-38-24-11-13-31-45(38)50-48(42)44)47-41-26-9-7-23-37(41)36-22-6-8-25-40(36)46(47)39-27-14-19-32-18-4-5-20-34(32)39/h1-31H. The number of nitrogens with zero attached hydrogens (tertiary/aromatic N) is 1. The molecule has 0 spiro atoms. The molecule has 9 aromatic carbocycles. The topological polar surface area (TPSA) is 3.24 Å². The highest BCUT2D eigenvalue weighted by Gasteiger charge is 2.27. The third-order valence-electron chi connectivity index (χ3n) is 10.0. The van der Waals surface area contributed by atoms with Crippen LogP contribution in [0.15, 0.2) is 188 Å². The first kappa shape index (κ1) is 28.8. The van der Waals surface area contributed by atoms with Crippen LogP contribution < -0.4 is 4.90 Å². The maximum atomic E-state index is 2.58. The minimum absolute atomic E-state index is 1.14. The monoisotopic (exact) mass is 653 g/mol. The lowest BCUT2D eigenvalue weighted by Crippen LogP contribution is -2.13. The van der Waals surface area contributed by atoms with Crippen LogP contribution in [0.1, 0.15) is 0 Å². The Labute approximate surface area is 294 Å². The van der Waals surface area contributed by atoms with Crippen LogP contribution in [0, 0.1) is 0 Å². The van der Waals surface area contributed by atoms with E-state index in [4.69, 9.17) is 0 Å². The van der Waals surface area contributed by atoms with Gasteiger partial charge in [-0.25, -0.2) is 0 Å². The highest BCUT2D eigenvalue weighted by atomic mass is 32.1. The van der Waals surface area contributed by atoms with Crippen molar-refractivity contribution in [2.45, 2.75) is 0 Å². The molecule has 10 rings (SSSR count). The van der Waals surface area contributed by atoms with E-state index < -0.39 is 0 Å². The zero-order chi connectivity index (χ0) is 33.0. The summed E-state index contributed by atoms with van der Waals surface area (Å²) in [6.45, 7) is 0. The minimum Gasteiger partial charge on any atom is -0.307 e. The van der Waals surface area contributed by atoms with Crippen LogP contribution in [-0.4, -0.2) is 0 Å². The van der Waals surface area contributed by atoms with Gasteiger partial charge in [-0.05, 0) is 56.3 Å². The second kappa shape index (κ2) is 11.7. The second-order valence-corrected chi connectivity index (χ2v) is 13.9. The molecule has 10 aromatic rings. The number of hydrogen-bond acceptors (Lipinski definition) is 2. The highest BCUT2D eigenvalue weighted by Crippen LogP contribution is 2.54. The fourth-order valence-electron chi connectivity index (χ4n) is 7.88. The Balaban J connectivity index is 1.44. The lowest BCUT2D eigenvalue weighted by Gasteiger charge is -2.32. The summed E-state index contributed by atoms with van der Waals surface area (Å²) < 4.78 is 2.57. The number of rotatable bonds is 5. The van der Waals surface area contributed by atoms with Gasteiger partial charge in [0, 0.05) is 32.0 Å². The molecule has 0 aliphatic rings. The van der Waals surface area contributed by atoms with Crippen LogP contribution in [-0.2, 0) is 0 Å². The van der Waals surface area contributed by atoms with Crippen LogP contribution in [0.3, 0.4) is 0 Å². The number of benzene rings is 9. The fraction of sp³-hybridized carbons (Fsp3) is 0. The Hall–Kier alpha value is -6.22. The summed E-state index contributed by atoms with van der Waals surface area (Å²) in [5.41, 5.74) is 8.34. The van der Waals surface area contributed by atoms with Crippen LogP contribution >= 0.6 is 11.3 Å². The number of para-hydroxylation sites is 1. The summed E-state index contributed by atoms with van der Waals surface area (Å²) in [5.74, 6) is 0. The first-order chi connectivity index (χ1) is 24.8. The molecule has 0 aliphatic heterocycles. The van der Waals surface area contributed by atoms with Gasteiger partial charge < -0.3 is 4.90 Å². The normalized spacial score (nSPS) is 11.6. The molecule has 0 saturated carbocycles. The van der Waals surface area contributed by atoms with Gasteiger partial charge in [-0.3, -0.25) is 0 Å². The van der Waals surface area contributed by atoms with Crippen LogP contribution in [0.5, 0.6) is 0 Å². The number of hydrogen-bond donors (Lipinski definition) is 0. The van der Waals surface area contributed by atoms with Gasteiger partial charge in [0.15, 0.2) is 0 Å². The first-order valence-corrected chi connectivity index (χ1v) is 17.9. The third-order valence-corrected chi connectivity index (χ3v) is 11.3. The third kappa shape index (κ3) is 4.46. The molecule has 0 atom stereocenters. The summed E-state index contributed by atoms with van der Waals surface area (Å²) >= 11 is 1.88. The molecule has 0 saturated heterocycles. The molecule has 0 fully saturated rings. The molecule has 0 aliphatic carbocycles. The number of thiophene rings is 1. The second-order valence-electron chi connectivity index (χ2n) is 12.8. The van der Waals surface area contributed by atoms with E-state index >= 15 is 0 Å². The van der Waals surface area contributed by atoms with Gasteiger partial charge >= 0.3 is 0 Å². The average Bonchev–Trinajstić information content (AvgIpc) is 3.58. The van der Waals surface area contributed by atoms with Crippen molar-refractivity contribution >= 4 is 80.9 Å². The molecule has 0 radical (unpaired) electrons. The fourth-order valence-corrected chi connectivity index (χ4v) is 9.09. The van der Waals surface area contributed by atoms with Crippen molar-refractivity contribution in [3.63, 3.8) is 0 Å². The van der Waals surface area contributed by atoms with Crippen molar-refractivity contribution in [1.82, 2.24) is 0 Å². The molecule has 2 heteroatoms. The molecule has 0 bridgehead atoms. The molecule has 0 amide bonds. The van der Waals surface area contributed by atoms with E-state index in [0.29, 0.717) is 0 Å². The SMILES string of the molecule is c1ccc(-c2ccccc2N(c2c(-c3cccc4ccccc34)c3ccccc3c3ccccc23)c2cccc3c2sc2ccccc23)cc1. The van der Waals surface area contributed by atoms with Crippen LogP contribution in [0.4, 0.5) is 17.1 Å². The molecule has 0 N–H and O–H groups in total. The van der Waals surface area contributed by atoms with E-state index in [1.54, 1.807) is 0 Å². The molecule has 1 aromatic heterocycles.